The van der Waals surface area contributed by atoms with Crippen LogP contribution in [0.15, 0.2) is 49.1 Å². The summed E-state index contributed by atoms with van der Waals surface area (Å²) in [6.07, 6.45) is 11.0. The second-order valence-electron chi connectivity index (χ2n) is 3.43. The van der Waals surface area contributed by atoms with Crippen LogP contribution in [0.5, 0.6) is 0 Å². The van der Waals surface area contributed by atoms with Gasteiger partial charge in [-0.05, 0) is 29.5 Å². The van der Waals surface area contributed by atoms with E-state index in [2.05, 4.69) is 43.0 Å². The number of rotatable bonds is 2. The standard InChI is InChI=1S/C14H14/c1-2-12-8-6-7-11-14(12)13-9-4-3-5-10-13/h2,4,6-11H,1,3,5H2. The molecule has 0 amide bonds. The van der Waals surface area contributed by atoms with E-state index in [4.69, 9.17) is 0 Å². The highest BCUT2D eigenvalue weighted by Crippen LogP contribution is 2.24. The molecule has 70 valence electrons. The van der Waals surface area contributed by atoms with E-state index >= 15 is 0 Å². The van der Waals surface area contributed by atoms with Gasteiger partial charge < -0.3 is 0 Å². The molecule has 1 aromatic carbocycles. The van der Waals surface area contributed by atoms with Gasteiger partial charge in [0.2, 0.25) is 0 Å². The van der Waals surface area contributed by atoms with E-state index in [-0.39, 0.29) is 0 Å². The lowest BCUT2D eigenvalue weighted by Crippen LogP contribution is -1.88. The van der Waals surface area contributed by atoms with Crippen molar-refractivity contribution in [2.75, 3.05) is 0 Å². The average molecular weight is 182 g/mol. The zero-order chi connectivity index (χ0) is 9.80. The van der Waals surface area contributed by atoms with Gasteiger partial charge in [-0.15, -0.1) is 0 Å². The Bertz CT molecular complexity index is 394. The molecular weight excluding hydrogens is 168 g/mol. The third-order valence-corrected chi connectivity index (χ3v) is 2.49. The van der Waals surface area contributed by atoms with Crippen molar-refractivity contribution in [3.63, 3.8) is 0 Å². The number of allylic oxidation sites excluding steroid dienone is 4. The van der Waals surface area contributed by atoms with Gasteiger partial charge in [0, 0.05) is 0 Å². The van der Waals surface area contributed by atoms with E-state index in [1.54, 1.807) is 0 Å². The maximum atomic E-state index is 3.84. The highest BCUT2D eigenvalue weighted by atomic mass is 14.1. The van der Waals surface area contributed by atoms with Crippen LogP contribution < -0.4 is 0 Å². The van der Waals surface area contributed by atoms with E-state index in [0.717, 1.165) is 6.42 Å². The smallest absolute Gasteiger partial charge is 0.0115 e. The summed E-state index contributed by atoms with van der Waals surface area (Å²) in [5, 5.41) is 0. The predicted octanol–water partition coefficient (Wildman–Crippen LogP) is 4.06. The molecule has 0 saturated carbocycles. The average Bonchev–Trinajstić information content (AvgIpc) is 2.30. The third-order valence-electron chi connectivity index (χ3n) is 2.49. The zero-order valence-corrected chi connectivity index (χ0v) is 8.24. The molecule has 0 atom stereocenters. The van der Waals surface area contributed by atoms with Crippen LogP contribution >= 0.6 is 0 Å². The van der Waals surface area contributed by atoms with Crippen LogP contribution in [0.2, 0.25) is 0 Å². The molecule has 0 fully saturated rings. The summed E-state index contributed by atoms with van der Waals surface area (Å²) in [7, 11) is 0. The molecule has 2 rings (SSSR count). The van der Waals surface area contributed by atoms with Crippen molar-refractivity contribution >= 4 is 11.6 Å². The molecule has 1 aromatic rings. The second kappa shape index (κ2) is 4.10. The van der Waals surface area contributed by atoms with Gasteiger partial charge in [0.15, 0.2) is 0 Å². The lowest BCUT2D eigenvalue weighted by atomic mass is 9.95. The molecule has 0 aromatic heterocycles. The van der Waals surface area contributed by atoms with Crippen molar-refractivity contribution in [2.24, 2.45) is 0 Å². The topological polar surface area (TPSA) is 0 Å². The Morgan fingerprint density at radius 3 is 2.71 bits per heavy atom. The van der Waals surface area contributed by atoms with Crippen LogP contribution in [0, 0.1) is 0 Å². The van der Waals surface area contributed by atoms with Crippen molar-refractivity contribution < 1.29 is 0 Å². The van der Waals surface area contributed by atoms with Crippen LogP contribution in [-0.4, -0.2) is 0 Å². The van der Waals surface area contributed by atoms with Crippen molar-refractivity contribution in [3.05, 3.63) is 60.2 Å². The predicted molar refractivity (Wildman–Crippen MR) is 62.9 cm³/mol. The van der Waals surface area contributed by atoms with Crippen LogP contribution in [0.4, 0.5) is 0 Å². The van der Waals surface area contributed by atoms with Gasteiger partial charge in [0.05, 0.1) is 0 Å². The SMILES string of the molecule is C=Cc1ccccc1C1=CCCC=C1. The van der Waals surface area contributed by atoms with E-state index in [1.807, 2.05) is 12.1 Å². The molecule has 0 aliphatic heterocycles. The van der Waals surface area contributed by atoms with Gasteiger partial charge >= 0.3 is 0 Å². The summed E-state index contributed by atoms with van der Waals surface area (Å²) in [4.78, 5) is 0. The van der Waals surface area contributed by atoms with Gasteiger partial charge in [0.25, 0.3) is 0 Å². The van der Waals surface area contributed by atoms with Crippen molar-refractivity contribution in [1.82, 2.24) is 0 Å². The Labute approximate surface area is 85.3 Å². The first-order valence-corrected chi connectivity index (χ1v) is 5.00. The zero-order valence-electron chi connectivity index (χ0n) is 8.24. The molecule has 0 unspecified atom stereocenters. The minimum absolute atomic E-state index is 1.15. The van der Waals surface area contributed by atoms with E-state index in [9.17, 15) is 0 Å². The Hall–Kier alpha value is -1.56. The molecule has 0 radical (unpaired) electrons. The monoisotopic (exact) mass is 182 g/mol. The largest absolute Gasteiger partial charge is 0.0984 e. The number of benzene rings is 1. The van der Waals surface area contributed by atoms with E-state index < -0.39 is 0 Å². The lowest BCUT2D eigenvalue weighted by Gasteiger charge is -2.09. The van der Waals surface area contributed by atoms with Crippen LogP contribution in [-0.2, 0) is 0 Å². The van der Waals surface area contributed by atoms with E-state index in [1.165, 1.54) is 23.1 Å². The first-order chi connectivity index (χ1) is 6.92. The summed E-state index contributed by atoms with van der Waals surface area (Å²) in [6, 6.07) is 8.38. The summed E-state index contributed by atoms with van der Waals surface area (Å²) >= 11 is 0. The van der Waals surface area contributed by atoms with Crippen LogP contribution in [0.25, 0.3) is 11.6 Å². The highest BCUT2D eigenvalue weighted by Gasteiger charge is 2.03. The Morgan fingerprint density at radius 1 is 1.14 bits per heavy atom. The Morgan fingerprint density at radius 2 is 2.00 bits per heavy atom. The summed E-state index contributed by atoms with van der Waals surface area (Å²) < 4.78 is 0. The maximum Gasteiger partial charge on any atom is -0.0115 e. The quantitative estimate of drug-likeness (QED) is 0.647. The molecular formula is C14H14. The van der Waals surface area contributed by atoms with Gasteiger partial charge in [-0.2, -0.15) is 0 Å². The van der Waals surface area contributed by atoms with Gasteiger partial charge in [-0.25, -0.2) is 0 Å². The molecule has 14 heavy (non-hydrogen) atoms. The van der Waals surface area contributed by atoms with Crippen molar-refractivity contribution in [1.29, 1.82) is 0 Å². The summed E-state index contributed by atoms with van der Waals surface area (Å²) in [5.41, 5.74) is 3.83. The van der Waals surface area contributed by atoms with Crippen molar-refractivity contribution in [3.8, 4) is 0 Å². The molecule has 0 nitrogen and oxygen atoms in total. The summed E-state index contributed by atoms with van der Waals surface area (Å²) in [5.74, 6) is 0. The molecule has 0 heterocycles. The maximum absolute atomic E-state index is 3.84. The molecule has 0 N–H and O–H groups in total. The normalized spacial score (nSPS) is 15.0. The first-order valence-electron chi connectivity index (χ1n) is 5.00. The lowest BCUT2D eigenvalue weighted by molar-refractivity contribution is 1.04. The molecule has 1 aliphatic carbocycles. The summed E-state index contributed by atoms with van der Waals surface area (Å²) in [6.45, 7) is 3.84. The number of hydrogen-bond acceptors (Lipinski definition) is 0. The van der Waals surface area contributed by atoms with Gasteiger partial charge in [-0.1, -0.05) is 55.1 Å². The second-order valence-corrected chi connectivity index (χ2v) is 3.43. The molecule has 1 aliphatic rings. The molecule has 0 saturated heterocycles. The Balaban J connectivity index is 2.44. The fraction of sp³-hybridized carbons (Fsp3) is 0.143. The van der Waals surface area contributed by atoms with Crippen LogP contribution in [0.3, 0.4) is 0 Å². The third kappa shape index (κ3) is 1.69. The fourth-order valence-corrected chi connectivity index (χ4v) is 1.75. The molecule has 0 heteroatoms. The minimum Gasteiger partial charge on any atom is -0.0984 e. The van der Waals surface area contributed by atoms with Gasteiger partial charge in [0.1, 0.15) is 0 Å². The molecule has 0 bridgehead atoms. The van der Waals surface area contributed by atoms with E-state index in [0.29, 0.717) is 0 Å². The van der Waals surface area contributed by atoms with Crippen LogP contribution in [0.1, 0.15) is 24.0 Å². The fourth-order valence-electron chi connectivity index (χ4n) is 1.75. The number of hydrogen-bond donors (Lipinski definition) is 0. The highest BCUT2D eigenvalue weighted by molar-refractivity contribution is 5.80. The minimum atomic E-state index is 1.15. The first kappa shape index (κ1) is 9.01. The Kier molecular flexibility index (Phi) is 2.64. The van der Waals surface area contributed by atoms with Gasteiger partial charge in [-0.3, -0.25) is 0 Å². The van der Waals surface area contributed by atoms with Crippen molar-refractivity contribution in [2.45, 2.75) is 12.8 Å². The molecule has 0 spiro atoms.